The smallest absolute Gasteiger partial charge is 0.0431 e. The average Bonchev–Trinajstić information content (AvgIpc) is 2.17. The van der Waals surface area contributed by atoms with Gasteiger partial charge >= 0.3 is 0 Å². The van der Waals surface area contributed by atoms with Crippen LogP contribution in [0.3, 0.4) is 0 Å². The van der Waals surface area contributed by atoms with Crippen LogP contribution >= 0.6 is 0 Å². The highest BCUT2D eigenvalue weighted by atomic mass is 14.7. The summed E-state index contributed by atoms with van der Waals surface area (Å²) in [6.07, 6.45) is 5.75. The van der Waals surface area contributed by atoms with Gasteiger partial charge in [-0.1, -0.05) is 34.1 Å². The molecule has 0 saturated heterocycles. The highest BCUT2D eigenvalue weighted by Crippen LogP contribution is 2.15. The van der Waals surface area contributed by atoms with Crippen LogP contribution < -0.4 is 0 Å². The Labute approximate surface area is 93.9 Å². The van der Waals surface area contributed by atoms with Gasteiger partial charge in [0.05, 0.1) is 0 Å². The fourth-order valence-electron chi connectivity index (χ4n) is 1.68. The average molecular weight is 205 g/mol. The lowest BCUT2D eigenvalue weighted by atomic mass is 10.0. The van der Waals surface area contributed by atoms with Crippen molar-refractivity contribution in [1.82, 2.24) is 4.98 Å². The summed E-state index contributed by atoms with van der Waals surface area (Å²) in [5.74, 6) is 1.35. The van der Waals surface area contributed by atoms with Crippen LogP contribution in [0.2, 0.25) is 0 Å². The third kappa shape index (κ3) is 4.46. The first-order chi connectivity index (χ1) is 7.09. The summed E-state index contributed by atoms with van der Waals surface area (Å²) in [5, 5.41) is 0. The molecule has 84 valence electrons. The molecule has 0 spiro atoms. The molecule has 0 saturated carbocycles. The molecule has 1 rings (SSSR count). The first-order valence-electron chi connectivity index (χ1n) is 6.04. The second kappa shape index (κ2) is 5.89. The molecule has 0 aromatic carbocycles. The Morgan fingerprint density at radius 3 is 2.53 bits per heavy atom. The van der Waals surface area contributed by atoms with Gasteiger partial charge in [0, 0.05) is 11.9 Å². The molecule has 0 amide bonds. The van der Waals surface area contributed by atoms with Crippen LogP contribution in [0.25, 0.3) is 0 Å². The molecule has 1 aromatic heterocycles. The summed E-state index contributed by atoms with van der Waals surface area (Å²) in [4.78, 5) is 4.38. The second-order valence-electron chi connectivity index (χ2n) is 5.03. The summed E-state index contributed by atoms with van der Waals surface area (Å²) in [6, 6.07) is 4.40. The SMILES string of the molecule is CC(C)CCCc1ccnc(C(C)C)c1. The normalized spacial score (nSPS) is 11.3. The van der Waals surface area contributed by atoms with Crippen molar-refractivity contribution in [3.05, 3.63) is 29.6 Å². The van der Waals surface area contributed by atoms with E-state index in [9.17, 15) is 0 Å². The van der Waals surface area contributed by atoms with E-state index < -0.39 is 0 Å². The summed E-state index contributed by atoms with van der Waals surface area (Å²) >= 11 is 0. The second-order valence-corrected chi connectivity index (χ2v) is 5.03. The van der Waals surface area contributed by atoms with Gasteiger partial charge in [-0.25, -0.2) is 0 Å². The van der Waals surface area contributed by atoms with Crippen molar-refractivity contribution in [2.75, 3.05) is 0 Å². The minimum atomic E-state index is 0.537. The first kappa shape index (κ1) is 12.2. The highest BCUT2D eigenvalue weighted by Gasteiger charge is 2.02. The van der Waals surface area contributed by atoms with Crippen molar-refractivity contribution in [3.63, 3.8) is 0 Å². The van der Waals surface area contributed by atoms with Gasteiger partial charge in [-0.05, 0) is 42.4 Å². The minimum absolute atomic E-state index is 0.537. The number of hydrogen-bond donors (Lipinski definition) is 0. The van der Waals surface area contributed by atoms with Gasteiger partial charge in [0.25, 0.3) is 0 Å². The molecule has 1 nitrogen and oxygen atoms in total. The van der Waals surface area contributed by atoms with E-state index in [1.165, 1.54) is 30.5 Å². The lowest BCUT2D eigenvalue weighted by molar-refractivity contribution is 0.555. The van der Waals surface area contributed by atoms with E-state index in [2.05, 4.69) is 44.8 Å². The fourth-order valence-corrected chi connectivity index (χ4v) is 1.68. The Morgan fingerprint density at radius 1 is 1.20 bits per heavy atom. The number of rotatable bonds is 5. The molecule has 0 unspecified atom stereocenters. The standard InChI is InChI=1S/C14H23N/c1-11(2)6-5-7-13-8-9-15-14(10-13)12(3)4/h8-12H,5-7H2,1-4H3. The molecular weight excluding hydrogens is 182 g/mol. The van der Waals surface area contributed by atoms with E-state index >= 15 is 0 Å². The zero-order valence-electron chi connectivity index (χ0n) is 10.5. The minimum Gasteiger partial charge on any atom is -0.261 e. The van der Waals surface area contributed by atoms with E-state index in [0.29, 0.717) is 5.92 Å². The third-order valence-electron chi connectivity index (χ3n) is 2.68. The lowest BCUT2D eigenvalue weighted by Gasteiger charge is -2.08. The molecule has 0 aliphatic heterocycles. The van der Waals surface area contributed by atoms with Crippen LogP contribution in [0.1, 0.15) is 57.7 Å². The van der Waals surface area contributed by atoms with E-state index in [1.807, 2.05) is 6.20 Å². The van der Waals surface area contributed by atoms with E-state index in [-0.39, 0.29) is 0 Å². The lowest BCUT2D eigenvalue weighted by Crippen LogP contribution is -1.96. The van der Waals surface area contributed by atoms with E-state index in [1.54, 1.807) is 0 Å². The maximum absolute atomic E-state index is 4.38. The van der Waals surface area contributed by atoms with Crippen LogP contribution in [0, 0.1) is 5.92 Å². The van der Waals surface area contributed by atoms with Gasteiger partial charge in [-0.2, -0.15) is 0 Å². The largest absolute Gasteiger partial charge is 0.261 e. The van der Waals surface area contributed by atoms with Crippen LogP contribution in [0.4, 0.5) is 0 Å². The molecule has 0 aliphatic carbocycles. The van der Waals surface area contributed by atoms with Crippen molar-refractivity contribution in [1.29, 1.82) is 0 Å². The Hall–Kier alpha value is -0.850. The molecule has 0 bridgehead atoms. The van der Waals surface area contributed by atoms with Crippen LogP contribution in [0.5, 0.6) is 0 Å². The molecule has 0 atom stereocenters. The Balaban J connectivity index is 2.50. The van der Waals surface area contributed by atoms with Gasteiger partial charge in [0.1, 0.15) is 0 Å². The maximum atomic E-state index is 4.38. The first-order valence-corrected chi connectivity index (χ1v) is 6.04. The predicted molar refractivity (Wildman–Crippen MR) is 66.1 cm³/mol. The zero-order chi connectivity index (χ0) is 11.3. The maximum Gasteiger partial charge on any atom is 0.0431 e. The molecule has 1 heteroatoms. The van der Waals surface area contributed by atoms with Crippen molar-refractivity contribution in [3.8, 4) is 0 Å². The molecular formula is C14H23N. The van der Waals surface area contributed by atoms with Crippen LogP contribution in [0.15, 0.2) is 18.3 Å². The van der Waals surface area contributed by atoms with Gasteiger partial charge in [0.15, 0.2) is 0 Å². The molecule has 15 heavy (non-hydrogen) atoms. The number of aromatic nitrogens is 1. The van der Waals surface area contributed by atoms with E-state index in [4.69, 9.17) is 0 Å². The van der Waals surface area contributed by atoms with Crippen LogP contribution in [-0.4, -0.2) is 4.98 Å². The highest BCUT2D eigenvalue weighted by molar-refractivity contribution is 5.18. The van der Waals surface area contributed by atoms with Gasteiger partial charge < -0.3 is 0 Å². The number of nitrogens with zero attached hydrogens (tertiary/aromatic N) is 1. The summed E-state index contributed by atoms with van der Waals surface area (Å²) in [6.45, 7) is 8.96. The topological polar surface area (TPSA) is 12.9 Å². The number of hydrogen-bond acceptors (Lipinski definition) is 1. The molecule has 1 heterocycles. The number of aryl methyl sites for hydroxylation is 1. The van der Waals surface area contributed by atoms with Crippen LogP contribution in [-0.2, 0) is 6.42 Å². The quantitative estimate of drug-likeness (QED) is 0.702. The van der Waals surface area contributed by atoms with Crippen molar-refractivity contribution in [2.45, 2.75) is 52.9 Å². The summed E-state index contributed by atoms with van der Waals surface area (Å²) in [5.41, 5.74) is 2.66. The molecule has 0 radical (unpaired) electrons. The van der Waals surface area contributed by atoms with Gasteiger partial charge in [-0.3, -0.25) is 4.98 Å². The number of pyridine rings is 1. The Kier molecular flexibility index (Phi) is 4.80. The van der Waals surface area contributed by atoms with Crippen molar-refractivity contribution >= 4 is 0 Å². The van der Waals surface area contributed by atoms with Crippen molar-refractivity contribution < 1.29 is 0 Å². The Bertz CT molecular complexity index is 289. The van der Waals surface area contributed by atoms with Gasteiger partial charge in [0.2, 0.25) is 0 Å². The fraction of sp³-hybridized carbons (Fsp3) is 0.643. The van der Waals surface area contributed by atoms with Crippen molar-refractivity contribution in [2.24, 2.45) is 5.92 Å². The predicted octanol–water partition coefficient (Wildman–Crippen LogP) is 4.18. The van der Waals surface area contributed by atoms with E-state index in [0.717, 1.165) is 5.92 Å². The molecule has 1 aromatic rings. The molecule has 0 fully saturated rings. The molecule has 0 N–H and O–H groups in total. The Morgan fingerprint density at radius 2 is 1.93 bits per heavy atom. The zero-order valence-corrected chi connectivity index (χ0v) is 10.5. The summed E-state index contributed by atoms with van der Waals surface area (Å²) in [7, 11) is 0. The molecule has 0 aliphatic rings. The van der Waals surface area contributed by atoms with Gasteiger partial charge in [-0.15, -0.1) is 0 Å². The summed E-state index contributed by atoms with van der Waals surface area (Å²) < 4.78 is 0. The monoisotopic (exact) mass is 205 g/mol. The third-order valence-corrected chi connectivity index (χ3v) is 2.68.